The minimum absolute atomic E-state index is 0.0258. The minimum atomic E-state index is -4.47. The van der Waals surface area contributed by atoms with Crippen LogP contribution in [-0.2, 0) is 42.4 Å². The maximum atomic E-state index is 11.3. The van der Waals surface area contributed by atoms with Crippen LogP contribution in [0.15, 0.2) is 18.7 Å². The van der Waals surface area contributed by atoms with E-state index in [0.29, 0.717) is 26.2 Å². The van der Waals surface area contributed by atoms with Crippen LogP contribution < -0.4 is 4.57 Å². The largest absolute Gasteiger partial charge is 0.726 e. The van der Waals surface area contributed by atoms with Crippen LogP contribution in [0.2, 0.25) is 0 Å². The molecular formula is C18H34N2O7S. The van der Waals surface area contributed by atoms with Crippen LogP contribution in [0.4, 0.5) is 0 Å². The zero-order chi connectivity index (χ0) is 21.3. The van der Waals surface area contributed by atoms with Crippen LogP contribution in [0, 0.1) is 0 Å². The van der Waals surface area contributed by atoms with Gasteiger partial charge in [0.05, 0.1) is 20.3 Å². The van der Waals surface area contributed by atoms with Crippen molar-refractivity contribution in [3.8, 4) is 0 Å². The topological polar surface area (TPSA) is 111 Å². The fourth-order valence-electron chi connectivity index (χ4n) is 2.19. The van der Waals surface area contributed by atoms with E-state index in [1.165, 1.54) is 19.3 Å². The standard InChI is InChI=1S/C10H17N2O3.C8H18O4S/c1-3-14-6-7-15-10(13)8-12-5-4-11(2)9-12;1-2-3-4-5-6-7-8-12-13(9,10)11/h4-5,9H,3,6-8H2,1-2H3;2-8H2,1H3,(H,9,10,11)/q+1;/p-1. The summed E-state index contributed by atoms with van der Waals surface area (Å²) in [5.41, 5.74) is 0. The molecule has 0 aliphatic rings. The first-order valence-corrected chi connectivity index (χ1v) is 11.0. The van der Waals surface area contributed by atoms with Crippen LogP contribution in [0.5, 0.6) is 0 Å². The Kier molecular flexibility index (Phi) is 15.6. The van der Waals surface area contributed by atoms with Gasteiger partial charge in [0.1, 0.15) is 19.0 Å². The molecule has 0 aliphatic heterocycles. The van der Waals surface area contributed by atoms with Crippen LogP contribution in [0.3, 0.4) is 0 Å². The molecule has 28 heavy (non-hydrogen) atoms. The van der Waals surface area contributed by atoms with Crippen molar-refractivity contribution in [2.75, 3.05) is 26.4 Å². The highest BCUT2D eigenvalue weighted by Gasteiger charge is 2.08. The van der Waals surface area contributed by atoms with Gasteiger partial charge in [-0.25, -0.2) is 22.3 Å². The van der Waals surface area contributed by atoms with E-state index in [0.717, 1.165) is 12.8 Å². The second-order valence-electron chi connectivity index (χ2n) is 6.17. The summed E-state index contributed by atoms with van der Waals surface area (Å²) in [5.74, 6) is -0.245. The van der Waals surface area contributed by atoms with E-state index in [9.17, 15) is 17.8 Å². The SMILES string of the molecule is CCCCCCCCOS(=O)(=O)[O-].CCOCCOC(=O)Cn1cc[n+](C)c1. The zero-order valence-electron chi connectivity index (χ0n) is 17.2. The molecule has 1 aromatic heterocycles. The lowest BCUT2D eigenvalue weighted by atomic mass is 10.1. The second-order valence-corrected chi connectivity index (χ2v) is 7.22. The maximum Gasteiger partial charge on any atom is 0.348 e. The quantitative estimate of drug-likeness (QED) is 0.148. The van der Waals surface area contributed by atoms with Gasteiger partial charge in [-0.2, -0.15) is 0 Å². The van der Waals surface area contributed by atoms with Gasteiger partial charge in [-0.05, 0) is 13.3 Å². The molecule has 0 aliphatic carbocycles. The first-order valence-electron chi connectivity index (χ1n) is 9.63. The highest BCUT2D eigenvalue weighted by Crippen LogP contribution is 2.05. The number of unbranched alkanes of at least 4 members (excludes halogenated alkanes) is 5. The third-order valence-electron chi connectivity index (χ3n) is 3.56. The fourth-order valence-corrected chi connectivity index (χ4v) is 2.51. The molecule has 1 rings (SSSR count). The maximum absolute atomic E-state index is 11.3. The molecule has 0 aromatic carbocycles. The smallest absolute Gasteiger partial charge is 0.348 e. The number of esters is 1. The number of hydrogen-bond acceptors (Lipinski definition) is 7. The molecule has 0 unspecified atom stereocenters. The molecule has 0 fully saturated rings. The molecule has 0 amide bonds. The first-order chi connectivity index (χ1) is 13.3. The number of rotatable bonds is 14. The van der Waals surface area contributed by atoms with Crippen molar-refractivity contribution in [2.45, 2.75) is 58.9 Å². The highest BCUT2D eigenvalue weighted by atomic mass is 32.3. The summed E-state index contributed by atoms with van der Waals surface area (Å²) in [6, 6.07) is 0. The molecular weight excluding hydrogens is 388 g/mol. The lowest BCUT2D eigenvalue weighted by Gasteiger charge is -2.06. The van der Waals surface area contributed by atoms with E-state index in [1.807, 2.05) is 37.3 Å². The second kappa shape index (κ2) is 16.5. The number of ether oxygens (including phenoxy) is 2. The molecule has 0 saturated heterocycles. The Morgan fingerprint density at radius 3 is 2.32 bits per heavy atom. The molecule has 0 N–H and O–H groups in total. The van der Waals surface area contributed by atoms with Crippen molar-refractivity contribution in [2.24, 2.45) is 7.05 Å². The van der Waals surface area contributed by atoms with Crippen molar-refractivity contribution in [1.82, 2.24) is 4.57 Å². The number of carbonyl (C=O) groups is 1. The number of aryl methyl sites for hydroxylation is 1. The van der Waals surface area contributed by atoms with Crippen molar-refractivity contribution in [3.63, 3.8) is 0 Å². The summed E-state index contributed by atoms with van der Waals surface area (Å²) in [5, 5.41) is 0. The van der Waals surface area contributed by atoms with Crippen LogP contribution in [0.25, 0.3) is 0 Å². The van der Waals surface area contributed by atoms with E-state index in [4.69, 9.17) is 9.47 Å². The molecule has 0 atom stereocenters. The van der Waals surface area contributed by atoms with E-state index < -0.39 is 10.4 Å². The molecule has 0 radical (unpaired) electrons. The normalized spacial score (nSPS) is 11.0. The Hall–Kier alpha value is -1.49. The Balaban J connectivity index is 0.000000528. The van der Waals surface area contributed by atoms with Gasteiger partial charge < -0.3 is 14.0 Å². The average molecular weight is 423 g/mol. The molecule has 164 valence electrons. The summed E-state index contributed by atoms with van der Waals surface area (Å²) < 4.78 is 47.7. The zero-order valence-corrected chi connectivity index (χ0v) is 18.0. The van der Waals surface area contributed by atoms with Crippen LogP contribution in [-0.4, -0.2) is 49.9 Å². The number of carbonyl (C=O) groups excluding carboxylic acids is 1. The lowest BCUT2D eigenvalue weighted by Crippen LogP contribution is -2.24. The highest BCUT2D eigenvalue weighted by molar-refractivity contribution is 7.80. The Morgan fingerprint density at radius 1 is 1.07 bits per heavy atom. The van der Waals surface area contributed by atoms with E-state index >= 15 is 0 Å². The molecule has 9 nitrogen and oxygen atoms in total. The van der Waals surface area contributed by atoms with Gasteiger partial charge in [0.25, 0.3) is 0 Å². The number of hydrogen-bond donors (Lipinski definition) is 0. The van der Waals surface area contributed by atoms with Crippen molar-refractivity contribution in [3.05, 3.63) is 18.7 Å². The Bertz CT molecular complexity index is 617. The van der Waals surface area contributed by atoms with Crippen molar-refractivity contribution in [1.29, 1.82) is 0 Å². The molecule has 0 spiro atoms. The van der Waals surface area contributed by atoms with Gasteiger partial charge in [-0.1, -0.05) is 39.0 Å². The molecule has 1 heterocycles. The van der Waals surface area contributed by atoms with Gasteiger partial charge >= 0.3 is 5.97 Å². The van der Waals surface area contributed by atoms with Gasteiger partial charge in [-0.15, -0.1) is 0 Å². The number of nitrogens with zero attached hydrogens (tertiary/aromatic N) is 2. The first kappa shape index (κ1) is 26.5. The predicted molar refractivity (Wildman–Crippen MR) is 102 cm³/mol. The van der Waals surface area contributed by atoms with Gasteiger partial charge in [-0.3, -0.25) is 4.18 Å². The summed E-state index contributed by atoms with van der Waals surface area (Å²) in [4.78, 5) is 11.3. The summed E-state index contributed by atoms with van der Waals surface area (Å²) in [7, 11) is -2.57. The third-order valence-corrected chi connectivity index (χ3v) is 4.01. The third kappa shape index (κ3) is 17.9. The molecule has 0 saturated carbocycles. The van der Waals surface area contributed by atoms with E-state index in [2.05, 4.69) is 11.1 Å². The Labute approximate surface area is 168 Å². The van der Waals surface area contributed by atoms with Crippen LogP contribution >= 0.6 is 0 Å². The molecule has 10 heteroatoms. The molecule has 0 bridgehead atoms. The van der Waals surface area contributed by atoms with Gasteiger partial charge in [0, 0.05) is 6.61 Å². The van der Waals surface area contributed by atoms with Crippen molar-refractivity contribution < 1.29 is 36.0 Å². The van der Waals surface area contributed by atoms with Gasteiger partial charge in [0.15, 0.2) is 6.54 Å². The lowest BCUT2D eigenvalue weighted by molar-refractivity contribution is -0.671. The summed E-state index contributed by atoms with van der Waals surface area (Å²) in [6.45, 7) is 5.73. The predicted octanol–water partition coefficient (Wildman–Crippen LogP) is 1.72. The fraction of sp³-hybridized carbons (Fsp3) is 0.778. The van der Waals surface area contributed by atoms with Crippen LogP contribution in [0.1, 0.15) is 52.4 Å². The van der Waals surface area contributed by atoms with Gasteiger partial charge in [0.2, 0.25) is 16.7 Å². The number of imidazole rings is 1. The minimum Gasteiger partial charge on any atom is -0.726 e. The van der Waals surface area contributed by atoms with E-state index in [1.54, 1.807) is 4.57 Å². The molecule has 1 aromatic rings. The van der Waals surface area contributed by atoms with E-state index in [-0.39, 0.29) is 19.1 Å². The number of aromatic nitrogens is 2. The monoisotopic (exact) mass is 422 g/mol. The summed E-state index contributed by atoms with van der Waals surface area (Å²) in [6.07, 6.45) is 11.7. The average Bonchev–Trinajstić information content (AvgIpc) is 3.02. The van der Waals surface area contributed by atoms with Crippen molar-refractivity contribution >= 4 is 16.4 Å². The Morgan fingerprint density at radius 2 is 1.75 bits per heavy atom. The summed E-state index contributed by atoms with van der Waals surface area (Å²) >= 11 is 0.